The minimum absolute atomic E-state index is 1.16. The first-order valence-electron chi connectivity index (χ1n) is 16.6. The van der Waals surface area contributed by atoms with Crippen LogP contribution in [0.5, 0.6) is 0 Å². The summed E-state index contributed by atoms with van der Waals surface area (Å²) >= 11 is 0. The third kappa shape index (κ3) is 3.41. The van der Waals surface area contributed by atoms with Crippen LogP contribution in [-0.2, 0) is 0 Å². The summed E-state index contributed by atoms with van der Waals surface area (Å²) in [4.78, 5) is 0. The van der Waals surface area contributed by atoms with Gasteiger partial charge >= 0.3 is 0 Å². The molecule has 0 atom stereocenters. The number of fused-ring (bicyclic) bond motifs is 12. The van der Waals surface area contributed by atoms with Crippen molar-refractivity contribution in [3.8, 4) is 27.9 Å². The molecule has 222 valence electrons. The topological polar surface area (TPSA) is 9.34 Å². The van der Waals surface area contributed by atoms with E-state index in [0.29, 0.717) is 0 Å². The summed E-state index contributed by atoms with van der Waals surface area (Å²) in [6, 6.07) is 62.4. The van der Waals surface area contributed by atoms with Crippen molar-refractivity contribution in [2.45, 2.75) is 0 Å². The van der Waals surface area contributed by atoms with Crippen LogP contribution in [0, 0.1) is 0 Å². The van der Waals surface area contributed by atoms with Gasteiger partial charge in [-0.05, 0) is 52.6 Å². The maximum atomic E-state index is 2.51. The van der Waals surface area contributed by atoms with Gasteiger partial charge in [-0.25, -0.2) is 0 Å². The van der Waals surface area contributed by atoms with Crippen LogP contribution in [0.3, 0.4) is 0 Å². The molecule has 0 radical (unpaired) electrons. The molecule has 3 heterocycles. The summed E-state index contributed by atoms with van der Waals surface area (Å²) in [5, 5.41) is 10.3. The maximum absolute atomic E-state index is 2.51. The fourth-order valence-corrected chi connectivity index (χ4v) is 8.38. The second-order valence-electron chi connectivity index (χ2n) is 12.9. The van der Waals surface area contributed by atoms with E-state index < -0.39 is 0 Å². The minimum Gasteiger partial charge on any atom is -0.309 e. The molecule has 0 bridgehead atoms. The van der Waals surface area contributed by atoms with Crippen LogP contribution < -0.4 is 0 Å². The van der Waals surface area contributed by atoms with Crippen LogP contribution in [0.25, 0.3) is 98.6 Å². The number of benzene rings is 8. The average molecular weight is 609 g/mol. The second kappa shape index (κ2) is 9.57. The van der Waals surface area contributed by atoms with Gasteiger partial charge < -0.3 is 8.97 Å². The molecule has 0 fully saturated rings. The van der Waals surface area contributed by atoms with Crippen LogP contribution in [0.1, 0.15) is 0 Å². The smallest absolute Gasteiger partial charge is 0.0620 e. The Kier molecular flexibility index (Phi) is 5.14. The van der Waals surface area contributed by atoms with Gasteiger partial charge in [-0.3, -0.25) is 0 Å². The van der Waals surface area contributed by atoms with Crippen molar-refractivity contribution in [1.29, 1.82) is 0 Å². The number of hydrogen-bond donors (Lipinski definition) is 0. The zero-order valence-electron chi connectivity index (χ0n) is 26.1. The van der Waals surface area contributed by atoms with Gasteiger partial charge in [0.1, 0.15) is 0 Å². The van der Waals surface area contributed by atoms with Gasteiger partial charge in [0.05, 0.1) is 27.6 Å². The van der Waals surface area contributed by atoms with Crippen LogP contribution in [0.2, 0.25) is 0 Å². The SMILES string of the molecule is c1ccc(-c2cc(-c3ccccc3)cc(-n3c4ccccc4c4ccc5c(ccc6c7cccc8c9ccccc9n(c56)c87)c43)c2)cc1. The van der Waals surface area contributed by atoms with E-state index in [-0.39, 0.29) is 0 Å². The Hall–Kier alpha value is -6.38. The first kappa shape index (κ1) is 25.8. The molecule has 0 saturated heterocycles. The van der Waals surface area contributed by atoms with Crippen LogP contribution in [-0.4, -0.2) is 8.97 Å². The first-order valence-corrected chi connectivity index (χ1v) is 16.6. The third-order valence-corrected chi connectivity index (χ3v) is 10.4. The lowest BCUT2D eigenvalue weighted by Crippen LogP contribution is -1.97. The molecular formula is C46H28N2. The largest absolute Gasteiger partial charge is 0.309 e. The van der Waals surface area contributed by atoms with E-state index in [1.54, 1.807) is 0 Å². The molecule has 8 aromatic carbocycles. The lowest BCUT2D eigenvalue weighted by molar-refractivity contribution is 1.19. The quantitative estimate of drug-likeness (QED) is 0.189. The first-order chi connectivity index (χ1) is 23.8. The molecule has 2 heteroatoms. The molecule has 11 aromatic rings. The molecule has 0 aliphatic heterocycles. The van der Waals surface area contributed by atoms with Crippen LogP contribution >= 0.6 is 0 Å². The normalized spacial score (nSPS) is 12.2. The summed E-state index contributed by atoms with van der Waals surface area (Å²) in [5.74, 6) is 0. The Labute approximate surface area is 276 Å². The van der Waals surface area contributed by atoms with Crippen molar-refractivity contribution in [1.82, 2.24) is 8.97 Å². The van der Waals surface area contributed by atoms with Crippen molar-refractivity contribution >= 4 is 70.7 Å². The second-order valence-corrected chi connectivity index (χ2v) is 12.9. The summed E-state index contributed by atoms with van der Waals surface area (Å²) in [6.07, 6.45) is 0. The number of aromatic nitrogens is 2. The Morgan fingerprint density at radius 1 is 0.271 bits per heavy atom. The molecular weight excluding hydrogens is 581 g/mol. The lowest BCUT2D eigenvalue weighted by atomic mass is 9.97. The van der Waals surface area contributed by atoms with Crippen LogP contribution in [0.15, 0.2) is 170 Å². The van der Waals surface area contributed by atoms with Crippen molar-refractivity contribution in [2.24, 2.45) is 0 Å². The Morgan fingerprint density at radius 3 is 1.29 bits per heavy atom. The average Bonchev–Trinajstić information content (AvgIpc) is 3.81. The maximum Gasteiger partial charge on any atom is 0.0620 e. The zero-order valence-corrected chi connectivity index (χ0v) is 26.1. The highest BCUT2D eigenvalue weighted by molar-refractivity contribution is 6.30. The van der Waals surface area contributed by atoms with E-state index in [1.807, 2.05) is 0 Å². The fraction of sp³-hybridized carbons (Fsp3) is 0. The van der Waals surface area contributed by atoms with Crippen molar-refractivity contribution in [3.05, 3.63) is 170 Å². The van der Waals surface area contributed by atoms with Gasteiger partial charge in [0.15, 0.2) is 0 Å². The Morgan fingerprint density at radius 2 is 0.688 bits per heavy atom. The molecule has 3 aromatic heterocycles. The van der Waals surface area contributed by atoms with Crippen molar-refractivity contribution in [3.63, 3.8) is 0 Å². The predicted molar refractivity (Wildman–Crippen MR) is 204 cm³/mol. The molecule has 11 rings (SSSR count). The Bertz CT molecular complexity index is 2980. The summed E-state index contributed by atoms with van der Waals surface area (Å²) in [5.41, 5.74) is 12.3. The van der Waals surface area contributed by atoms with E-state index in [0.717, 1.165) is 5.69 Å². The minimum atomic E-state index is 1.16. The molecule has 0 aliphatic rings. The highest BCUT2D eigenvalue weighted by atomic mass is 15.0. The lowest BCUT2D eigenvalue weighted by Gasteiger charge is -2.15. The summed E-state index contributed by atoms with van der Waals surface area (Å²) < 4.78 is 5.02. The molecule has 48 heavy (non-hydrogen) atoms. The van der Waals surface area contributed by atoms with Gasteiger partial charge in [-0.1, -0.05) is 140 Å². The predicted octanol–water partition coefficient (Wildman–Crippen LogP) is 12.4. The standard InChI is InChI=1S/C46H28N2/c1-3-12-29(13-4-1)31-26-32(30-14-5-2-6-15-30)28-33(27-31)47-42-20-9-7-17-35(42)38-22-23-41-40(44(38)47)25-24-39-37-19-11-18-36-34-16-8-10-21-43(34)48(45(36)37)46(39)41/h1-28H. The van der Waals surface area contributed by atoms with Crippen molar-refractivity contribution in [2.75, 3.05) is 0 Å². The molecule has 0 amide bonds. The fourth-order valence-electron chi connectivity index (χ4n) is 8.38. The molecule has 2 nitrogen and oxygen atoms in total. The Balaban J connectivity index is 1.31. The highest BCUT2D eigenvalue weighted by Gasteiger charge is 2.22. The zero-order chi connectivity index (χ0) is 31.3. The molecule has 0 spiro atoms. The van der Waals surface area contributed by atoms with Gasteiger partial charge in [0.25, 0.3) is 0 Å². The van der Waals surface area contributed by atoms with Gasteiger partial charge in [-0.15, -0.1) is 0 Å². The van der Waals surface area contributed by atoms with E-state index in [4.69, 9.17) is 0 Å². The van der Waals surface area contributed by atoms with Gasteiger partial charge in [0, 0.05) is 48.8 Å². The number of hydrogen-bond acceptors (Lipinski definition) is 0. The highest BCUT2D eigenvalue weighted by Crippen LogP contribution is 2.44. The number of para-hydroxylation sites is 3. The van der Waals surface area contributed by atoms with Gasteiger partial charge in [0.2, 0.25) is 0 Å². The summed E-state index contributed by atoms with van der Waals surface area (Å²) in [7, 11) is 0. The van der Waals surface area contributed by atoms with Gasteiger partial charge in [-0.2, -0.15) is 0 Å². The third-order valence-electron chi connectivity index (χ3n) is 10.4. The van der Waals surface area contributed by atoms with Crippen molar-refractivity contribution < 1.29 is 0 Å². The molecule has 0 aliphatic carbocycles. The van der Waals surface area contributed by atoms with Crippen LogP contribution in [0.4, 0.5) is 0 Å². The number of rotatable bonds is 3. The monoisotopic (exact) mass is 608 g/mol. The molecule has 0 saturated carbocycles. The van der Waals surface area contributed by atoms with E-state index in [9.17, 15) is 0 Å². The molecule has 0 N–H and O–H groups in total. The summed E-state index contributed by atoms with van der Waals surface area (Å²) in [6.45, 7) is 0. The van der Waals surface area contributed by atoms with E-state index in [2.05, 4.69) is 179 Å². The molecule has 0 unspecified atom stereocenters. The number of nitrogens with zero attached hydrogens (tertiary/aromatic N) is 2. The van der Waals surface area contributed by atoms with E-state index in [1.165, 1.54) is 92.9 Å². The van der Waals surface area contributed by atoms with E-state index >= 15 is 0 Å².